The van der Waals surface area contributed by atoms with Gasteiger partial charge >= 0.3 is 12.1 Å². The van der Waals surface area contributed by atoms with Crippen LogP contribution in [0.2, 0.25) is 0 Å². The van der Waals surface area contributed by atoms with Crippen LogP contribution < -0.4 is 5.32 Å². The third kappa shape index (κ3) is 4.61. The molecule has 6 rings (SSSR count). The van der Waals surface area contributed by atoms with Crippen molar-refractivity contribution < 1.29 is 19.4 Å². The first-order valence-electron chi connectivity index (χ1n) is 12.8. The number of benzene rings is 3. The van der Waals surface area contributed by atoms with Crippen molar-refractivity contribution in [3.8, 4) is 22.4 Å². The maximum atomic E-state index is 12.9. The van der Waals surface area contributed by atoms with Crippen molar-refractivity contribution in [1.29, 1.82) is 0 Å². The van der Waals surface area contributed by atoms with Gasteiger partial charge in [-0.1, -0.05) is 78.9 Å². The van der Waals surface area contributed by atoms with Crippen molar-refractivity contribution in [2.24, 2.45) is 0 Å². The lowest BCUT2D eigenvalue weighted by molar-refractivity contribution is -0.140. The van der Waals surface area contributed by atoms with E-state index in [2.05, 4.69) is 15.4 Å². The second kappa shape index (κ2) is 9.72. The predicted octanol–water partition coefficient (Wildman–Crippen LogP) is 6.49. The molecule has 1 saturated carbocycles. The van der Waals surface area contributed by atoms with Crippen molar-refractivity contribution in [2.45, 2.75) is 31.3 Å². The average Bonchev–Trinajstić information content (AvgIpc) is 3.71. The van der Waals surface area contributed by atoms with Gasteiger partial charge in [-0.15, -0.1) is 0 Å². The number of aliphatic carboxylic acids is 1. The minimum Gasteiger partial charge on any atom is -0.481 e. The van der Waals surface area contributed by atoms with Gasteiger partial charge in [0.1, 0.15) is 17.5 Å². The van der Waals surface area contributed by atoms with E-state index < -0.39 is 23.6 Å². The van der Waals surface area contributed by atoms with Crippen molar-refractivity contribution in [2.75, 3.05) is 5.32 Å². The van der Waals surface area contributed by atoms with Gasteiger partial charge in [-0.25, -0.2) is 14.3 Å². The first-order chi connectivity index (χ1) is 18.9. The summed E-state index contributed by atoms with van der Waals surface area (Å²) < 4.78 is 7.25. The molecule has 1 aliphatic carbocycles. The lowest BCUT2D eigenvalue weighted by atomic mass is 9.93. The Kier molecular flexibility index (Phi) is 6.07. The molecule has 0 bridgehead atoms. The van der Waals surface area contributed by atoms with Crippen LogP contribution in [0, 0.1) is 0 Å². The average molecular weight is 519 g/mol. The summed E-state index contributed by atoms with van der Waals surface area (Å²) in [6, 6.07) is 26.9. The number of hydrogen-bond acceptors (Lipinski definition) is 5. The van der Waals surface area contributed by atoms with Gasteiger partial charge in [0.2, 0.25) is 0 Å². The lowest BCUT2D eigenvalue weighted by Crippen LogP contribution is -2.19. The minimum absolute atomic E-state index is 0.430. The van der Waals surface area contributed by atoms with Gasteiger partial charge < -0.3 is 9.84 Å². The van der Waals surface area contributed by atoms with Crippen LogP contribution in [-0.4, -0.2) is 31.8 Å². The zero-order valence-corrected chi connectivity index (χ0v) is 21.2. The number of nitrogens with zero attached hydrogens (tertiary/aromatic N) is 3. The molecule has 0 unspecified atom stereocenters. The molecule has 194 valence electrons. The van der Waals surface area contributed by atoms with Crippen LogP contribution in [-0.2, 0) is 14.9 Å². The quantitative estimate of drug-likeness (QED) is 0.255. The highest BCUT2D eigenvalue weighted by molar-refractivity contribution is 5.96. The molecule has 0 radical (unpaired) electrons. The Morgan fingerprint density at radius 2 is 1.56 bits per heavy atom. The van der Waals surface area contributed by atoms with E-state index in [1.165, 1.54) is 0 Å². The van der Waals surface area contributed by atoms with E-state index in [9.17, 15) is 14.7 Å². The summed E-state index contributed by atoms with van der Waals surface area (Å²) in [5, 5.41) is 17.1. The summed E-state index contributed by atoms with van der Waals surface area (Å²) in [7, 11) is 0. The van der Waals surface area contributed by atoms with E-state index >= 15 is 0 Å². The maximum absolute atomic E-state index is 12.9. The third-order valence-electron chi connectivity index (χ3n) is 7.26. The predicted molar refractivity (Wildman–Crippen MR) is 147 cm³/mol. The Hall–Kier alpha value is -4.98. The number of carbonyl (C=O) groups is 2. The maximum Gasteiger partial charge on any atom is 0.412 e. The molecular weight excluding hydrogens is 492 g/mol. The Bertz CT molecular complexity index is 1660. The molecule has 8 nitrogen and oxygen atoms in total. The number of hydrogen-bond donors (Lipinski definition) is 2. The van der Waals surface area contributed by atoms with E-state index in [1.54, 1.807) is 23.0 Å². The second-order valence-electron chi connectivity index (χ2n) is 9.74. The summed E-state index contributed by atoms with van der Waals surface area (Å²) in [4.78, 5) is 28.9. The molecule has 39 heavy (non-hydrogen) atoms. The topological polar surface area (TPSA) is 106 Å². The summed E-state index contributed by atoms with van der Waals surface area (Å²) >= 11 is 0. The molecule has 1 aliphatic rings. The normalized spacial score (nSPS) is 14.5. The minimum atomic E-state index is -0.760. The number of nitrogens with one attached hydrogen (secondary N) is 1. The largest absolute Gasteiger partial charge is 0.481 e. The Morgan fingerprint density at radius 3 is 2.21 bits per heavy atom. The Morgan fingerprint density at radius 1 is 0.923 bits per heavy atom. The molecule has 3 aromatic carbocycles. The molecule has 2 heterocycles. The molecule has 1 fully saturated rings. The molecule has 5 aromatic rings. The van der Waals surface area contributed by atoms with Crippen molar-refractivity contribution in [3.63, 3.8) is 0 Å². The van der Waals surface area contributed by atoms with Crippen molar-refractivity contribution >= 4 is 23.4 Å². The van der Waals surface area contributed by atoms with Crippen molar-refractivity contribution in [3.05, 3.63) is 108 Å². The first kappa shape index (κ1) is 24.4. The molecule has 0 saturated heterocycles. The number of ether oxygens (including phenoxy) is 1. The number of carboxylic acids is 1. The number of rotatable bonds is 7. The second-order valence-corrected chi connectivity index (χ2v) is 9.74. The zero-order chi connectivity index (χ0) is 27.0. The summed E-state index contributed by atoms with van der Waals surface area (Å²) in [6.07, 6.45) is 3.75. The molecule has 0 spiro atoms. The number of amides is 1. The number of carbonyl (C=O) groups excluding carboxylic acids is 1. The van der Waals surface area contributed by atoms with E-state index in [4.69, 9.17) is 4.74 Å². The van der Waals surface area contributed by atoms with Crippen LogP contribution in [0.25, 0.3) is 28.0 Å². The zero-order valence-electron chi connectivity index (χ0n) is 21.2. The molecule has 0 aliphatic heterocycles. The molecule has 1 amide bonds. The molecule has 1 atom stereocenters. The van der Waals surface area contributed by atoms with Gasteiger partial charge in [-0.3, -0.25) is 10.1 Å². The van der Waals surface area contributed by atoms with Gasteiger partial charge in [0.05, 0.1) is 5.41 Å². The van der Waals surface area contributed by atoms with Gasteiger partial charge in [-0.05, 0) is 48.1 Å². The van der Waals surface area contributed by atoms with Crippen molar-refractivity contribution in [1.82, 2.24) is 14.6 Å². The fourth-order valence-corrected chi connectivity index (χ4v) is 4.84. The van der Waals surface area contributed by atoms with Gasteiger partial charge in [0.15, 0.2) is 5.65 Å². The highest BCUT2D eigenvalue weighted by Gasteiger charge is 2.51. The monoisotopic (exact) mass is 518 g/mol. The molecular formula is C31H26N4O4. The summed E-state index contributed by atoms with van der Waals surface area (Å²) in [5.41, 5.74) is 5.32. The van der Waals surface area contributed by atoms with E-state index in [0.29, 0.717) is 29.9 Å². The highest BCUT2D eigenvalue weighted by atomic mass is 16.6. The Balaban J connectivity index is 1.25. The Labute approximate surface area is 224 Å². The lowest BCUT2D eigenvalue weighted by Gasteiger charge is -2.14. The fraction of sp³-hybridized carbons (Fsp3) is 0.161. The van der Waals surface area contributed by atoms with Crippen LogP contribution in [0.3, 0.4) is 0 Å². The van der Waals surface area contributed by atoms with Crippen LogP contribution in [0.15, 0.2) is 97.3 Å². The van der Waals surface area contributed by atoms with E-state index in [1.807, 2.05) is 85.8 Å². The van der Waals surface area contributed by atoms with Crippen LogP contribution in [0.4, 0.5) is 10.5 Å². The standard InChI is InChI=1S/C31H26N4O4/c1-20(21-6-3-2-4-7-21)39-30(38)33-27-26(34-35-19-5-18-32-28(27)35)24-10-8-22(9-11-24)23-12-14-25(15-13-23)31(16-17-31)29(36)37/h2-15,18-20H,16-17H2,1H3,(H,33,38)(H,36,37)/t20-/m1/s1. The molecule has 8 heteroatoms. The van der Waals surface area contributed by atoms with Crippen LogP contribution in [0.1, 0.15) is 37.0 Å². The highest BCUT2D eigenvalue weighted by Crippen LogP contribution is 2.48. The number of aromatic nitrogens is 3. The van der Waals surface area contributed by atoms with E-state index in [-0.39, 0.29) is 0 Å². The number of anilines is 1. The van der Waals surface area contributed by atoms with Gasteiger partial charge in [0.25, 0.3) is 0 Å². The fourth-order valence-electron chi connectivity index (χ4n) is 4.84. The number of fused-ring (bicyclic) bond motifs is 1. The van der Waals surface area contributed by atoms with Gasteiger partial charge in [0, 0.05) is 18.0 Å². The SMILES string of the molecule is C[C@@H](OC(=O)Nc1c(-c2ccc(-c3ccc(C4(C(=O)O)CC4)cc3)cc2)nn2cccnc12)c1ccccc1. The molecule has 2 aromatic heterocycles. The first-order valence-corrected chi connectivity index (χ1v) is 12.8. The van der Waals surface area contributed by atoms with Crippen LogP contribution in [0.5, 0.6) is 0 Å². The smallest absolute Gasteiger partial charge is 0.412 e. The number of carboxylic acid groups (broad SMARTS) is 1. The third-order valence-corrected chi connectivity index (χ3v) is 7.26. The van der Waals surface area contributed by atoms with Gasteiger partial charge in [-0.2, -0.15) is 5.10 Å². The summed E-state index contributed by atoms with van der Waals surface area (Å²) in [5.74, 6) is -0.760. The van der Waals surface area contributed by atoms with Crippen LogP contribution >= 0.6 is 0 Å². The molecule has 2 N–H and O–H groups in total. The van der Waals surface area contributed by atoms with E-state index in [0.717, 1.165) is 27.8 Å². The summed E-state index contributed by atoms with van der Waals surface area (Å²) in [6.45, 7) is 1.82.